The number of rotatable bonds is 6. The summed E-state index contributed by atoms with van der Waals surface area (Å²) in [5.74, 6) is 2.24. The lowest BCUT2D eigenvalue weighted by molar-refractivity contribution is 0.0953. The number of para-hydroxylation sites is 1. The number of hydrogen-bond acceptors (Lipinski definition) is 4. The number of ether oxygens (including phenoxy) is 1. The van der Waals surface area contributed by atoms with E-state index in [4.69, 9.17) is 4.74 Å². The summed E-state index contributed by atoms with van der Waals surface area (Å²) in [5, 5.41) is 2.87. The largest absolute Gasteiger partial charge is 0.496 e. The first kappa shape index (κ1) is 17.3. The maximum Gasteiger partial charge on any atom is 0.252 e. The fourth-order valence-corrected chi connectivity index (χ4v) is 3.27. The van der Waals surface area contributed by atoms with E-state index in [0.29, 0.717) is 18.0 Å². The molecule has 1 aliphatic heterocycles. The highest BCUT2D eigenvalue weighted by Gasteiger charge is 2.26. The summed E-state index contributed by atoms with van der Waals surface area (Å²) in [6.07, 6.45) is 3.66. The minimum atomic E-state index is -0.0609. The Hall–Kier alpha value is -2.56. The van der Waals surface area contributed by atoms with Gasteiger partial charge in [0.15, 0.2) is 0 Å². The monoisotopic (exact) mass is 339 g/mol. The van der Waals surface area contributed by atoms with Crippen LogP contribution in [0, 0.1) is 0 Å². The fraction of sp³-hybridized carbons (Fsp3) is 0.400. The molecule has 1 atom stereocenters. The molecule has 1 aromatic carbocycles. The van der Waals surface area contributed by atoms with Crippen molar-refractivity contribution in [3.63, 3.8) is 0 Å². The molecule has 3 rings (SSSR count). The summed E-state index contributed by atoms with van der Waals surface area (Å²) in [5.41, 5.74) is 1.86. The summed E-state index contributed by atoms with van der Waals surface area (Å²) in [4.78, 5) is 18.7. The van der Waals surface area contributed by atoms with E-state index < -0.39 is 0 Å². The van der Waals surface area contributed by atoms with Gasteiger partial charge in [0.05, 0.1) is 12.7 Å². The van der Waals surface area contributed by atoms with Crippen LogP contribution in [0.1, 0.15) is 41.6 Å². The van der Waals surface area contributed by atoms with Crippen LogP contribution in [0.25, 0.3) is 0 Å². The second-order valence-electron chi connectivity index (χ2n) is 6.33. The van der Waals surface area contributed by atoms with E-state index in [9.17, 15) is 4.79 Å². The van der Waals surface area contributed by atoms with Crippen molar-refractivity contribution in [1.29, 1.82) is 0 Å². The van der Waals surface area contributed by atoms with Crippen molar-refractivity contribution in [2.75, 3.05) is 31.6 Å². The average Bonchev–Trinajstić information content (AvgIpc) is 3.16. The number of carbonyl (C=O) groups excluding carboxylic acids is 1. The van der Waals surface area contributed by atoms with Gasteiger partial charge in [0.2, 0.25) is 0 Å². The van der Waals surface area contributed by atoms with Crippen LogP contribution < -0.4 is 15.0 Å². The van der Waals surface area contributed by atoms with Gasteiger partial charge in [0.25, 0.3) is 5.91 Å². The average molecular weight is 339 g/mol. The van der Waals surface area contributed by atoms with E-state index in [1.165, 1.54) is 5.56 Å². The number of hydrogen-bond donors (Lipinski definition) is 1. The smallest absolute Gasteiger partial charge is 0.252 e. The Labute approximate surface area is 149 Å². The number of methoxy groups -OCH3 is 1. The topological polar surface area (TPSA) is 54.5 Å². The molecule has 2 aromatic rings. The van der Waals surface area contributed by atoms with E-state index in [1.807, 2.05) is 31.2 Å². The van der Waals surface area contributed by atoms with Crippen LogP contribution in [0.3, 0.4) is 0 Å². The lowest BCUT2D eigenvalue weighted by Gasteiger charge is -2.19. The van der Waals surface area contributed by atoms with Crippen LogP contribution >= 0.6 is 0 Å². The molecular weight excluding hydrogens is 314 g/mol. The Morgan fingerprint density at radius 1 is 1.32 bits per heavy atom. The SMILES string of the molecule is CCCNC(=O)c1ccc(N2CCC(c3ccccc3OC)C2)nc1. The molecule has 5 nitrogen and oxygen atoms in total. The van der Waals surface area contributed by atoms with Crippen LogP contribution in [-0.2, 0) is 0 Å². The van der Waals surface area contributed by atoms with Crippen LogP contribution in [0.2, 0.25) is 0 Å². The third-order valence-electron chi connectivity index (χ3n) is 4.64. The summed E-state index contributed by atoms with van der Waals surface area (Å²) in [6.45, 7) is 4.59. The van der Waals surface area contributed by atoms with Gasteiger partial charge in [-0.2, -0.15) is 0 Å². The third-order valence-corrected chi connectivity index (χ3v) is 4.64. The Bertz CT molecular complexity index is 715. The molecule has 0 radical (unpaired) electrons. The van der Waals surface area contributed by atoms with Gasteiger partial charge in [-0.3, -0.25) is 4.79 Å². The molecule has 0 spiro atoms. The summed E-state index contributed by atoms with van der Waals surface area (Å²) in [6, 6.07) is 12.0. The molecule has 0 bridgehead atoms. The molecule has 0 saturated carbocycles. The van der Waals surface area contributed by atoms with Gasteiger partial charge >= 0.3 is 0 Å². The molecule has 1 aromatic heterocycles. The Balaban J connectivity index is 1.67. The maximum atomic E-state index is 12.0. The third kappa shape index (κ3) is 3.92. The molecule has 1 saturated heterocycles. The molecule has 1 unspecified atom stereocenters. The minimum absolute atomic E-state index is 0.0609. The van der Waals surface area contributed by atoms with Gasteiger partial charge in [-0.15, -0.1) is 0 Å². The molecule has 0 aliphatic carbocycles. The van der Waals surface area contributed by atoms with Gasteiger partial charge in [-0.05, 0) is 36.6 Å². The highest BCUT2D eigenvalue weighted by Crippen LogP contribution is 2.34. The summed E-state index contributed by atoms with van der Waals surface area (Å²) >= 11 is 0. The van der Waals surface area contributed by atoms with Crippen molar-refractivity contribution < 1.29 is 9.53 Å². The predicted octanol–water partition coefficient (Wildman–Crippen LogP) is 3.22. The molecule has 2 heterocycles. The van der Waals surface area contributed by atoms with Crippen LogP contribution in [0.4, 0.5) is 5.82 Å². The zero-order valence-electron chi connectivity index (χ0n) is 14.9. The number of pyridine rings is 1. The number of aromatic nitrogens is 1. The van der Waals surface area contributed by atoms with Crippen LogP contribution in [0.15, 0.2) is 42.6 Å². The molecule has 25 heavy (non-hydrogen) atoms. The van der Waals surface area contributed by atoms with E-state index in [-0.39, 0.29) is 5.91 Å². The van der Waals surface area contributed by atoms with Gasteiger partial charge in [0.1, 0.15) is 11.6 Å². The predicted molar refractivity (Wildman–Crippen MR) is 99.4 cm³/mol. The lowest BCUT2D eigenvalue weighted by Crippen LogP contribution is -2.25. The zero-order chi connectivity index (χ0) is 17.6. The van der Waals surface area contributed by atoms with Crippen LogP contribution in [-0.4, -0.2) is 37.6 Å². The second-order valence-corrected chi connectivity index (χ2v) is 6.33. The summed E-state index contributed by atoms with van der Waals surface area (Å²) < 4.78 is 5.49. The van der Waals surface area contributed by atoms with E-state index in [0.717, 1.165) is 37.5 Å². The minimum Gasteiger partial charge on any atom is -0.496 e. The first-order valence-electron chi connectivity index (χ1n) is 8.85. The van der Waals surface area contributed by atoms with Gasteiger partial charge in [-0.25, -0.2) is 4.98 Å². The molecule has 1 fully saturated rings. The van der Waals surface area contributed by atoms with Crippen molar-refractivity contribution in [3.05, 3.63) is 53.7 Å². The normalized spacial score (nSPS) is 16.7. The molecule has 5 heteroatoms. The lowest BCUT2D eigenvalue weighted by atomic mass is 9.97. The zero-order valence-corrected chi connectivity index (χ0v) is 14.9. The van der Waals surface area contributed by atoms with Crippen LogP contribution in [0.5, 0.6) is 5.75 Å². The number of nitrogens with one attached hydrogen (secondary N) is 1. The summed E-state index contributed by atoms with van der Waals surface area (Å²) in [7, 11) is 1.72. The fourth-order valence-electron chi connectivity index (χ4n) is 3.27. The highest BCUT2D eigenvalue weighted by molar-refractivity contribution is 5.94. The second kappa shape index (κ2) is 8.01. The van der Waals surface area contributed by atoms with E-state index in [2.05, 4.69) is 27.3 Å². The van der Waals surface area contributed by atoms with Gasteiger partial charge in [-0.1, -0.05) is 25.1 Å². The van der Waals surface area contributed by atoms with Crippen molar-refractivity contribution in [2.45, 2.75) is 25.7 Å². The molecule has 132 valence electrons. The van der Waals surface area contributed by atoms with Gasteiger partial charge < -0.3 is 15.0 Å². The van der Waals surface area contributed by atoms with E-state index >= 15 is 0 Å². The Kier molecular flexibility index (Phi) is 5.53. The highest BCUT2D eigenvalue weighted by atomic mass is 16.5. The number of nitrogens with zero attached hydrogens (tertiary/aromatic N) is 2. The Morgan fingerprint density at radius 3 is 2.88 bits per heavy atom. The quantitative estimate of drug-likeness (QED) is 0.878. The van der Waals surface area contributed by atoms with E-state index in [1.54, 1.807) is 13.3 Å². The first-order chi connectivity index (χ1) is 12.2. The number of amides is 1. The van der Waals surface area contributed by atoms with Crippen molar-refractivity contribution in [3.8, 4) is 5.75 Å². The van der Waals surface area contributed by atoms with Crippen molar-refractivity contribution >= 4 is 11.7 Å². The van der Waals surface area contributed by atoms with Gasteiger partial charge in [0, 0.05) is 31.7 Å². The maximum absolute atomic E-state index is 12.0. The van der Waals surface area contributed by atoms with Crippen molar-refractivity contribution in [2.24, 2.45) is 0 Å². The number of carbonyl (C=O) groups is 1. The molecule has 1 amide bonds. The standard InChI is InChI=1S/C20H25N3O2/c1-3-11-21-20(24)15-8-9-19(22-13-15)23-12-10-16(14-23)17-6-4-5-7-18(17)25-2/h4-9,13,16H,3,10-12,14H2,1-2H3,(H,21,24). The molecule has 1 aliphatic rings. The van der Waals surface area contributed by atoms with Crippen molar-refractivity contribution in [1.82, 2.24) is 10.3 Å². The molecular formula is C20H25N3O2. The first-order valence-corrected chi connectivity index (χ1v) is 8.85. The Morgan fingerprint density at radius 2 is 2.16 bits per heavy atom. The molecule has 1 N–H and O–H groups in total. The number of benzene rings is 1. The number of anilines is 1.